The van der Waals surface area contributed by atoms with Gasteiger partial charge in [-0.1, -0.05) is 13.8 Å². The summed E-state index contributed by atoms with van der Waals surface area (Å²) in [6.45, 7) is 4.53. The van der Waals surface area contributed by atoms with Gasteiger partial charge in [-0.15, -0.1) is 0 Å². The third-order valence-electron chi connectivity index (χ3n) is 4.06. The summed E-state index contributed by atoms with van der Waals surface area (Å²) in [7, 11) is 1.62. The number of hydrogen-bond acceptors (Lipinski definition) is 5. The van der Waals surface area contributed by atoms with E-state index >= 15 is 0 Å². The lowest BCUT2D eigenvalue weighted by molar-refractivity contribution is -0.116. The number of nitrogens with zero attached hydrogens (tertiary/aromatic N) is 1. The van der Waals surface area contributed by atoms with Gasteiger partial charge in [0.05, 0.1) is 13.7 Å². The molecule has 27 heavy (non-hydrogen) atoms. The molecule has 0 bridgehead atoms. The standard InChI is InChI=1S/C21H24N2O4/c1-14(2)21-23-18-11-6-15(13-19(18)27-21)22-20(24)5-4-12-26-17-9-7-16(25-3)8-10-17/h6-11,13-14H,4-5,12H2,1-3H3,(H,22,24). The number of benzene rings is 2. The van der Waals surface area contributed by atoms with E-state index in [2.05, 4.69) is 10.3 Å². The van der Waals surface area contributed by atoms with Crippen molar-refractivity contribution in [2.75, 3.05) is 19.0 Å². The normalized spacial score (nSPS) is 11.0. The van der Waals surface area contributed by atoms with Gasteiger partial charge < -0.3 is 19.2 Å². The molecule has 0 aliphatic rings. The van der Waals surface area contributed by atoms with E-state index in [1.54, 1.807) is 13.2 Å². The van der Waals surface area contributed by atoms with Crippen molar-refractivity contribution in [1.82, 2.24) is 4.98 Å². The highest BCUT2D eigenvalue weighted by Gasteiger charge is 2.10. The summed E-state index contributed by atoms with van der Waals surface area (Å²) < 4.78 is 16.5. The molecule has 0 atom stereocenters. The van der Waals surface area contributed by atoms with Gasteiger partial charge in [-0.25, -0.2) is 4.98 Å². The molecule has 1 aromatic heterocycles. The molecule has 0 saturated heterocycles. The van der Waals surface area contributed by atoms with Gasteiger partial charge in [-0.2, -0.15) is 0 Å². The number of carbonyl (C=O) groups is 1. The zero-order valence-corrected chi connectivity index (χ0v) is 15.8. The summed E-state index contributed by atoms with van der Waals surface area (Å²) in [5.74, 6) is 2.40. The van der Waals surface area contributed by atoms with Gasteiger partial charge in [0.25, 0.3) is 0 Å². The Hall–Kier alpha value is -3.02. The first kappa shape index (κ1) is 18.8. The summed E-state index contributed by atoms with van der Waals surface area (Å²) in [5, 5.41) is 2.89. The Morgan fingerprint density at radius 1 is 1.15 bits per heavy atom. The van der Waals surface area contributed by atoms with Gasteiger partial charge in [0, 0.05) is 24.1 Å². The Bertz CT molecular complexity index is 900. The van der Waals surface area contributed by atoms with Gasteiger partial charge in [0.15, 0.2) is 11.5 Å². The van der Waals surface area contributed by atoms with Crippen LogP contribution in [-0.2, 0) is 4.79 Å². The summed E-state index contributed by atoms with van der Waals surface area (Å²) in [5.41, 5.74) is 2.18. The molecule has 0 spiro atoms. The van der Waals surface area contributed by atoms with Crippen LogP contribution in [0.3, 0.4) is 0 Å². The van der Waals surface area contributed by atoms with Crippen molar-refractivity contribution >= 4 is 22.7 Å². The number of anilines is 1. The summed E-state index contributed by atoms with van der Waals surface area (Å²) in [4.78, 5) is 16.6. The maximum absolute atomic E-state index is 12.1. The number of oxazole rings is 1. The van der Waals surface area contributed by atoms with Crippen molar-refractivity contribution in [1.29, 1.82) is 0 Å². The van der Waals surface area contributed by atoms with E-state index in [9.17, 15) is 4.79 Å². The van der Waals surface area contributed by atoms with Gasteiger partial charge in [0.2, 0.25) is 5.91 Å². The first-order valence-corrected chi connectivity index (χ1v) is 9.02. The average Bonchev–Trinajstić information content (AvgIpc) is 3.09. The highest BCUT2D eigenvalue weighted by Crippen LogP contribution is 2.24. The SMILES string of the molecule is COc1ccc(OCCCC(=O)Nc2ccc3nc(C(C)C)oc3c2)cc1. The zero-order chi connectivity index (χ0) is 19.2. The molecular weight excluding hydrogens is 344 g/mol. The molecule has 142 valence electrons. The minimum atomic E-state index is -0.0590. The zero-order valence-electron chi connectivity index (χ0n) is 15.8. The molecule has 0 saturated carbocycles. The van der Waals surface area contributed by atoms with Gasteiger partial charge in [-0.3, -0.25) is 4.79 Å². The molecule has 1 heterocycles. The second-order valence-corrected chi connectivity index (χ2v) is 6.57. The fourth-order valence-electron chi connectivity index (χ4n) is 2.59. The summed E-state index contributed by atoms with van der Waals surface area (Å²) in [6.07, 6.45) is 1.00. The highest BCUT2D eigenvalue weighted by atomic mass is 16.5. The lowest BCUT2D eigenvalue weighted by Crippen LogP contribution is -2.12. The Kier molecular flexibility index (Phi) is 5.96. The molecule has 1 amide bonds. The Labute approximate surface area is 158 Å². The quantitative estimate of drug-likeness (QED) is 0.581. The van der Waals surface area contributed by atoms with Crippen molar-refractivity contribution in [2.24, 2.45) is 0 Å². The van der Waals surface area contributed by atoms with Crippen LogP contribution in [0.5, 0.6) is 11.5 Å². The number of fused-ring (bicyclic) bond motifs is 1. The van der Waals surface area contributed by atoms with E-state index in [0.29, 0.717) is 36.6 Å². The van der Waals surface area contributed by atoms with Crippen LogP contribution in [0.4, 0.5) is 5.69 Å². The molecule has 6 nitrogen and oxygen atoms in total. The van der Waals surface area contributed by atoms with E-state index in [-0.39, 0.29) is 11.8 Å². The molecule has 3 rings (SSSR count). The first-order valence-electron chi connectivity index (χ1n) is 9.02. The van der Waals surface area contributed by atoms with E-state index in [4.69, 9.17) is 13.9 Å². The minimum absolute atomic E-state index is 0.0590. The highest BCUT2D eigenvalue weighted by molar-refractivity contribution is 5.92. The van der Waals surface area contributed by atoms with Crippen LogP contribution >= 0.6 is 0 Å². The van der Waals surface area contributed by atoms with Crippen molar-refractivity contribution in [2.45, 2.75) is 32.6 Å². The minimum Gasteiger partial charge on any atom is -0.497 e. The van der Waals surface area contributed by atoms with Crippen molar-refractivity contribution in [3.05, 3.63) is 48.4 Å². The van der Waals surface area contributed by atoms with E-state index < -0.39 is 0 Å². The predicted molar refractivity (Wildman–Crippen MR) is 104 cm³/mol. The number of rotatable bonds is 8. The lowest BCUT2D eigenvalue weighted by atomic mass is 10.2. The monoisotopic (exact) mass is 368 g/mol. The third kappa shape index (κ3) is 5.00. The van der Waals surface area contributed by atoms with Gasteiger partial charge >= 0.3 is 0 Å². The molecule has 6 heteroatoms. The van der Waals surface area contributed by atoms with Crippen molar-refractivity contribution in [3.63, 3.8) is 0 Å². The number of ether oxygens (including phenoxy) is 2. The maximum atomic E-state index is 12.1. The van der Waals surface area contributed by atoms with Crippen LogP contribution in [0.25, 0.3) is 11.1 Å². The number of hydrogen-bond donors (Lipinski definition) is 1. The second-order valence-electron chi connectivity index (χ2n) is 6.57. The van der Waals surface area contributed by atoms with Crippen molar-refractivity contribution < 1.29 is 18.7 Å². The Morgan fingerprint density at radius 2 is 1.89 bits per heavy atom. The van der Waals surface area contributed by atoms with Gasteiger partial charge in [-0.05, 0) is 42.8 Å². The van der Waals surface area contributed by atoms with E-state index in [0.717, 1.165) is 17.0 Å². The van der Waals surface area contributed by atoms with Crippen LogP contribution in [0, 0.1) is 0 Å². The molecule has 0 unspecified atom stereocenters. The van der Waals surface area contributed by atoms with Crippen LogP contribution in [-0.4, -0.2) is 24.6 Å². The maximum Gasteiger partial charge on any atom is 0.224 e. The number of methoxy groups -OCH3 is 1. The lowest BCUT2D eigenvalue weighted by Gasteiger charge is -2.08. The number of aromatic nitrogens is 1. The number of carbonyl (C=O) groups excluding carboxylic acids is 1. The third-order valence-corrected chi connectivity index (χ3v) is 4.06. The van der Waals surface area contributed by atoms with Crippen LogP contribution in [0.2, 0.25) is 0 Å². The second kappa shape index (κ2) is 8.58. The molecule has 1 N–H and O–H groups in total. The molecule has 0 radical (unpaired) electrons. The summed E-state index contributed by atoms with van der Waals surface area (Å²) in [6, 6.07) is 12.9. The van der Waals surface area contributed by atoms with E-state index in [1.165, 1.54) is 0 Å². The molecule has 3 aromatic rings. The summed E-state index contributed by atoms with van der Waals surface area (Å²) >= 11 is 0. The predicted octanol–water partition coefficient (Wildman–Crippen LogP) is 4.76. The smallest absolute Gasteiger partial charge is 0.224 e. The fraction of sp³-hybridized carbons (Fsp3) is 0.333. The molecule has 0 fully saturated rings. The molecule has 0 aliphatic carbocycles. The molecule has 0 aliphatic heterocycles. The Balaban J connectivity index is 1.46. The molecular formula is C21H24N2O4. The van der Waals surface area contributed by atoms with Crippen molar-refractivity contribution in [3.8, 4) is 11.5 Å². The number of amides is 1. The topological polar surface area (TPSA) is 73.6 Å². The molecule has 2 aromatic carbocycles. The number of nitrogens with one attached hydrogen (secondary N) is 1. The first-order chi connectivity index (χ1) is 13.0. The fourth-order valence-corrected chi connectivity index (χ4v) is 2.59. The largest absolute Gasteiger partial charge is 0.497 e. The van der Waals surface area contributed by atoms with E-state index in [1.807, 2.05) is 50.2 Å². The van der Waals surface area contributed by atoms with Crippen LogP contribution in [0.1, 0.15) is 38.5 Å². The Morgan fingerprint density at radius 3 is 2.59 bits per heavy atom. The van der Waals surface area contributed by atoms with Crippen LogP contribution < -0.4 is 14.8 Å². The average molecular weight is 368 g/mol. The van der Waals surface area contributed by atoms with Crippen LogP contribution in [0.15, 0.2) is 46.9 Å². The van der Waals surface area contributed by atoms with Gasteiger partial charge in [0.1, 0.15) is 17.0 Å².